The zero-order valence-electron chi connectivity index (χ0n) is 21.8. The number of ether oxygens (including phenoxy) is 2. The van der Waals surface area contributed by atoms with Crippen molar-refractivity contribution < 1.29 is 14.3 Å². The third-order valence-electron chi connectivity index (χ3n) is 8.12. The Morgan fingerprint density at radius 1 is 1.28 bits per heavy atom. The molecule has 6 nitrogen and oxygen atoms in total. The summed E-state index contributed by atoms with van der Waals surface area (Å²) in [6, 6.07) is 10.7. The number of esters is 1. The van der Waals surface area contributed by atoms with Crippen LogP contribution < -0.4 is 15.0 Å². The van der Waals surface area contributed by atoms with E-state index in [1.165, 1.54) is 29.4 Å². The number of aryl methyl sites for hydroxylation is 1. The Bertz CT molecular complexity index is 1290. The van der Waals surface area contributed by atoms with E-state index in [0.717, 1.165) is 60.2 Å². The first-order valence-electron chi connectivity index (χ1n) is 12.7. The van der Waals surface area contributed by atoms with Gasteiger partial charge in [-0.1, -0.05) is 23.8 Å². The molecule has 1 fully saturated rings. The first-order chi connectivity index (χ1) is 17.3. The number of hydrogen-bond acceptors (Lipinski definition) is 7. The average Bonchev–Trinajstić information content (AvgIpc) is 3.49. The summed E-state index contributed by atoms with van der Waals surface area (Å²) >= 11 is 1.61. The van der Waals surface area contributed by atoms with Crippen LogP contribution in [-0.4, -0.2) is 37.2 Å². The number of rotatable bonds is 6. The van der Waals surface area contributed by atoms with E-state index in [1.54, 1.807) is 11.3 Å². The van der Waals surface area contributed by atoms with E-state index in [-0.39, 0.29) is 12.0 Å². The van der Waals surface area contributed by atoms with Gasteiger partial charge in [0.1, 0.15) is 12.4 Å². The third kappa shape index (κ3) is 4.39. The Kier molecular flexibility index (Phi) is 6.79. The number of anilines is 1. The molecule has 0 radical (unpaired) electrons. The fourth-order valence-corrected chi connectivity index (χ4v) is 6.41. The molecule has 3 heterocycles. The normalized spacial score (nSPS) is 21.4. The molecule has 0 amide bonds. The van der Waals surface area contributed by atoms with Gasteiger partial charge in [-0.2, -0.15) is 0 Å². The zero-order chi connectivity index (χ0) is 25.4. The lowest BCUT2D eigenvalue weighted by molar-refractivity contribution is -0.151. The van der Waals surface area contributed by atoms with Crippen molar-refractivity contribution in [3.05, 3.63) is 63.5 Å². The molecule has 0 saturated carbocycles. The van der Waals surface area contributed by atoms with Gasteiger partial charge in [0.2, 0.25) is 0 Å². The molecule has 0 aliphatic carbocycles. The number of thiazole rings is 1. The molecule has 1 unspecified atom stereocenters. The highest BCUT2D eigenvalue weighted by atomic mass is 32.1. The predicted molar refractivity (Wildman–Crippen MR) is 145 cm³/mol. The third-order valence-corrected chi connectivity index (χ3v) is 9.00. The standard InChI is InChI=1S/C29H35N3O3S/c1-18-6-9-26(35-16-22-8-7-21-15-30-12-10-23(21)19(22)2)24(14-18)25-17-36-28(31-25)32-13-11-29(4,20(32)3)27(33)34-5/h6-9,14,17,20,30H,10-13,15-16H2,1-5H3/t20?,29-/m1/s1. The molecule has 1 N–H and O–H groups in total. The number of carbonyl (C=O) groups is 1. The van der Waals surface area contributed by atoms with Crippen molar-refractivity contribution >= 4 is 22.4 Å². The SMILES string of the molecule is COC(=O)[C@]1(C)CCN(c2nc(-c3cc(C)ccc3OCc3ccc4c(c3C)CCNC4)cs2)C1C. The quantitative estimate of drug-likeness (QED) is 0.451. The minimum absolute atomic E-state index is 0.0133. The van der Waals surface area contributed by atoms with E-state index < -0.39 is 5.41 Å². The Morgan fingerprint density at radius 3 is 2.92 bits per heavy atom. The average molecular weight is 506 g/mol. The summed E-state index contributed by atoms with van der Waals surface area (Å²) in [6.07, 6.45) is 1.82. The summed E-state index contributed by atoms with van der Waals surface area (Å²) < 4.78 is 11.5. The topological polar surface area (TPSA) is 63.7 Å². The van der Waals surface area contributed by atoms with Crippen molar-refractivity contribution in [3.8, 4) is 17.0 Å². The van der Waals surface area contributed by atoms with Crippen LogP contribution >= 0.6 is 11.3 Å². The first-order valence-corrected chi connectivity index (χ1v) is 13.5. The van der Waals surface area contributed by atoms with Crippen LogP contribution in [0.2, 0.25) is 0 Å². The van der Waals surface area contributed by atoms with Crippen molar-refractivity contribution in [2.75, 3.05) is 25.1 Å². The van der Waals surface area contributed by atoms with Gasteiger partial charge in [0, 0.05) is 30.1 Å². The van der Waals surface area contributed by atoms with Gasteiger partial charge in [-0.3, -0.25) is 4.79 Å². The lowest BCUT2D eigenvalue weighted by Gasteiger charge is -2.29. The van der Waals surface area contributed by atoms with E-state index in [9.17, 15) is 4.79 Å². The van der Waals surface area contributed by atoms with Crippen LogP contribution in [0, 0.1) is 19.3 Å². The second-order valence-corrected chi connectivity index (χ2v) is 11.1. The van der Waals surface area contributed by atoms with E-state index in [0.29, 0.717) is 6.61 Å². The van der Waals surface area contributed by atoms with Crippen molar-refractivity contribution in [2.24, 2.45) is 5.41 Å². The molecule has 1 aromatic heterocycles. The fraction of sp³-hybridized carbons (Fsp3) is 0.448. The lowest BCUT2D eigenvalue weighted by atomic mass is 9.83. The maximum atomic E-state index is 12.4. The molecule has 0 spiro atoms. The Hall–Kier alpha value is -2.90. The number of nitrogens with one attached hydrogen (secondary N) is 1. The number of aromatic nitrogens is 1. The smallest absolute Gasteiger partial charge is 0.313 e. The maximum Gasteiger partial charge on any atom is 0.313 e. The van der Waals surface area contributed by atoms with Gasteiger partial charge in [-0.15, -0.1) is 11.3 Å². The van der Waals surface area contributed by atoms with Gasteiger partial charge in [0.15, 0.2) is 5.13 Å². The zero-order valence-corrected chi connectivity index (χ0v) is 22.6. The molecule has 2 atom stereocenters. The summed E-state index contributed by atoms with van der Waals surface area (Å²) in [4.78, 5) is 19.7. The molecule has 7 heteroatoms. The summed E-state index contributed by atoms with van der Waals surface area (Å²) in [7, 11) is 1.46. The van der Waals surface area contributed by atoms with Gasteiger partial charge in [0.25, 0.3) is 0 Å². The second-order valence-electron chi connectivity index (χ2n) is 10.2. The van der Waals surface area contributed by atoms with Crippen LogP contribution in [0.15, 0.2) is 35.7 Å². The number of carbonyl (C=O) groups excluding carboxylic acids is 1. The summed E-state index contributed by atoms with van der Waals surface area (Å²) in [5.74, 6) is 0.683. The van der Waals surface area contributed by atoms with Crippen LogP contribution in [0.5, 0.6) is 5.75 Å². The largest absolute Gasteiger partial charge is 0.488 e. The molecule has 190 valence electrons. The molecule has 36 heavy (non-hydrogen) atoms. The van der Waals surface area contributed by atoms with E-state index >= 15 is 0 Å². The number of benzene rings is 2. The van der Waals surface area contributed by atoms with E-state index in [4.69, 9.17) is 14.5 Å². The van der Waals surface area contributed by atoms with E-state index in [2.05, 4.69) is 60.6 Å². The summed E-state index contributed by atoms with van der Waals surface area (Å²) in [6.45, 7) is 11.7. The molecular weight excluding hydrogens is 470 g/mol. The van der Waals surface area contributed by atoms with Gasteiger partial charge in [-0.25, -0.2) is 4.98 Å². The van der Waals surface area contributed by atoms with Gasteiger partial charge < -0.3 is 19.7 Å². The number of nitrogens with zero attached hydrogens (tertiary/aromatic N) is 2. The molecule has 3 aromatic rings. The molecular formula is C29H35N3O3S. The van der Waals surface area contributed by atoms with Crippen molar-refractivity contribution in [3.63, 3.8) is 0 Å². The summed E-state index contributed by atoms with van der Waals surface area (Å²) in [5.41, 5.74) is 7.97. The molecule has 2 aromatic carbocycles. The molecule has 2 aliphatic rings. The molecule has 0 bridgehead atoms. The second kappa shape index (κ2) is 9.87. The van der Waals surface area contributed by atoms with Crippen LogP contribution in [0.4, 0.5) is 5.13 Å². The highest BCUT2D eigenvalue weighted by molar-refractivity contribution is 7.14. The highest BCUT2D eigenvalue weighted by Gasteiger charge is 2.48. The maximum absolute atomic E-state index is 12.4. The Morgan fingerprint density at radius 2 is 2.11 bits per heavy atom. The van der Waals surface area contributed by atoms with Crippen LogP contribution in [0.3, 0.4) is 0 Å². The predicted octanol–water partition coefficient (Wildman–Crippen LogP) is 5.43. The van der Waals surface area contributed by atoms with Gasteiger partial charge in [0.05, 0.1) is 18.2 Å². The monoisotopic (exact) mass is 505 g/mol. The molecule has 5 rings (SSSR count). The van der Waals surface area contributed by atoms with Crippen LogP contribution in [-0.2, 0) is 29.1 Å². The first kappa shape index (κ1) is 24.8. The van der Waals surface area contributed by atoms with Crippen molar-refractivity contribution in [1.82, 2.24) is 10.3 Å². The molecule has 2 aliphatic heterocycles. The van der Waals surface area contributed by atoms with Crippen molar-refractivity contribution in [2.45, 2.75) is 59.7 Å². The van der Waals surface area contributed by atoms with E-state index in [1.807, 2.05) is 13.0 Å². The van der Waals surface area contributed by atoms with Crippen LogP contribution in [0.25, 0.3) is 11.3 Å². The van der Waals surface area contributed by atoms with Crippen LogP contribution in [0.1, 0.15) is 48.1 Å². The highest BCUT2D eigenvalue weighted by Crippen LogP contribution is 2.42. The molecule has 1 saturated heterocycles. The number of fused-ring (bicyclic) bond motifs is 1. The Labute approximate surface area is 217 Å². The Balaban J connectivity index is 1.38. The fourth-order valence-electron chi connectivity index (χ4n) is 5.48. The van der Waals surface area contributed by atoms with Gasteiger partial charge in [-0.05, 0) is 81.5 Å². The van der Waals surface area contributed by atoms with Crippen molar-refractivity contribution in [1.29, 1.82) is 0 Å². The summed E-state index contributed by atoms with van der Waals surface area (Å²) in [5, 5.41) is 6.47. The van der Waals surface area contributed by atoms with Gasteiger partial charge >= 0.3 is 5.97 Å². The number of methoxy groups -OCH3 is 1. The minimum Gasteiger partial charge on any atom is -0.488 e. The number of hydrogen-bond donors (Lipinski definition) is 1. The lowest BCUT2D eigenvalue weighted by Crippen LogP contribution is -2.41. The minimum atomic E-state index is -0.527.